The predicted octanol–water partition coefficient (Wildman–Crippen LogP) is 3.15. The number of fused-ring (bicyclic) bond motifs is 4. The monoisotopic (exact) mass is 414 g/mol. The minimum Gasteiger partial charge on any atom is -0.326 e. The van der Waals surface area contributed by atoms with Crippen LogP contribution in [0.2, 0.25) is 0 Å². The van der Waals surface area contributed by atoms with E-state index in [1.165, 1.54) is 10.9 Å². The molecule has 4 aromatic rings. The third kappa shape index (κ3) is 3.63. The van der Waals surface area contributed by atoms with Crippen LogP contribution in [0.1, 0.15) is 30.4 Å². The summed E-state index contributed by atoms with van der Waals surface area (Å²) >= 11 is 0. The molecule has 0 atom stereocenters. The van der Waals surface area contributed by atoms with Crippen molar-refractivity contribution in [2.45, 2.75) is 38.6 Å². The Hall–Kier alpha value is -3.74. The van der Waals surface area contributed by atoms with Gasteiger partial charge in [0.2, 0.25) is 5.91 Å². The normalized spacial score (nSPS) is 13.3. The molecule has 5 rings (SSSR count). The molecular formula is C24H22N4O3. The predicted molar refractivity (Wildman–Crippen MR) is 120 cm³/mol. The van der Waals surface area contributed by atoms with Gasteiger partial charge in [0, 0.05) is 29.6 Å². The lowest BCUT2D eigenvalue weighted by atomic mass is 9.90. The van der Waals surface area contributed by atoms with E-state index in [0.29, 0.717) is 16.6 Å². The minimum atomic E-state index is -0.209. The van der Waals surface area contributed by atoms with Gasteiger partial charge in [-0.15, -0.1) is 0 Å². The van der Waals surface area contributed by atoms with Crippen LogP contribution in [0.25, 0.3) is 21.8 Å². The second kappa shape index (κ2) is 7.83. The summed E-state index contributed by atoms with van der Waals surface area (Å²) in [4.78, 5) is 44.7. The average molecular weight is 414 g/mol. The number of anilines is 1. The fourth-order valence-corrected chi connectivity index (χ4v) is 4.35. The molecule has 0 spiro atoms. The van der Waals surface area contributed by atoms with Crippen LogP contribution < -0.4 is 16.4 Å². The van der Waals surface area contributed by atoms with E-state index in [-0.39, 0.29) is 30.0 Å². The number of aromatic amines is 1. The molecule has 2 aromatic carbocycles. The summed E-state index contributed by atoms with van der Waals surface area (Å²) < 4.78 is 1.45. The highest BCUT2D eigenvalue weighted by Crippen LogP contribution is 2.27. The summed E-state index contributed by atoms with van der Waals surface area (Å²) in [5.74, 6) is -0.209. The maximum absolute atomic E-state index is 12.6. The van der Waals surface area contributed by atoms with Crippen LogP contribution in [0.4, 0.5) is 5.69 Å². The van der Waals surface area contributed by atoms with Crippen molar-refractivity contribution >= 4 is 33.4 Å². The van der Waals surface area contributed by atoms with Crippen molar-refractivity contribution in [3.05, 3.63) is 80.6 Å². The highest BCUT2D eigenvalue weighted by molar-refractivity contribution is 5.94. The number of para-hydroxylation sites is 1. The van der Waals surface area contributed by atoms with Gasteiger partial charge < -0.3 is 10.3 Å². The number of nitrogens with zero attached hydrogens (tertiary/aromatic N) is 2. The van der Waals surface area contributed by atoms with Crippen LogP contribution in [0, 0.1) is 0 Å². The molecule has 7 nitrogen and oxygen atoms in total. The smallest absolute Gasteiger partial charge is 0.261 e. The summed E-state index contributed by atoms with van der Waals surface area (Å²) in [6.07, 6.45) is 5.48. The molecule has 7 heteroatoms. The van der Waals surface area contributed by atoms with Gasteiger partial charge in [0.05, 0.1) is 22.7 Å². The lowest BCUT2D eigenvalue weighted by molar-refractivity contribution is -0.116. The zero-order valence-corrected chi connectivity index (χ0v) is 17.0. The molecule has 2 N–H and O–H groups in total. The number of hydrogen-bond donors (Lipinski definition) is 2. The molecule has 0 radical (unpaired) electrons. The summed E-state index contributed by atoms with van der Waals surface area (Å²) in [6, 6.07) is 12.8. The molecule has 1 amide bonds. The molecule has 0 saturated carbocycles. The highest BCUT2D eigenvalue weighted by Gasteiger charge is 2.16. The van der Waals surface area contributed by atoms with Crippen molar-refractivity contribution in [3.8, 4) is 0 Å². The number of amides is 1. The first-order valence-electron chi connectivity index (χ1n) is 10.5. The van der Waals surface area contributed by atoms with Crippen LogP contribution >= 0.6 is 0 Å². The van der Waals surface area contributed by atoms with E-state index in [0.717, 1.165) is 47.7 Å². The lowest BCUT2D eigenvalue weighted by Crippen LogP contribution is -2.23. The number of nitrogens with one attached hydrogen (secondary N) is 2. The summed E-state index contributed by atoms with van der Waals surface area (Å²) in [5, 5.41) is 4.44. The van der Waals surface area contributed by atoms with Gasteiger partial charge >= 0.3 is 0 Å². The van der Waals surface area contributed by atoms with E-state index >= 15 is 0 Å². The van der Waals surface area contributed by atoms with Crippen LogP contribution in [0.3, 0.4) is 0 Å². The van der Waals surface area contributed by atoms with Crippen molar-refractivity contribution in [1.82, 2.24) is 14.5 Å². The molecule has 0 saturated heterocycles. The van der Waals surface area contributed by atoms with Gasteiger partial charge in [0.15, 0.2) is 0 Å². The van der Waals surface area contributed by atoms with E-state index in [1.54, 1.807) is 24.3 Å². The summed E-state index contributed by atoms with van der Waals surface area (Å²) in [7, 11) is 0. The number of hydrogen-bond acceptors (Lipinski definition) is 4. The standard InChI is InChI=1S/C24H22N4O3/c29-22(11-12-28-14-25-20-8-4-3-7-19(20)24(28)31)26-15-9-10-17-16-5-1-2-6-18(16)23(30)27-21(17)13-15/h3-4,7-10,13-14H,1-2,5-6,11-12H2,(H,26,29)(H,27,30). The number of pyridine rings is 1. The van der Waals surface area contributed by atoms with Crippen molar-refractivity contribution in [2.24, 2.45) is 0 Å². The Morgan fingerprint density at radius 3 is 2.71 bits per heavy atom. The Morgan fingerprint density at radius 2 is 1.84 bits per heavy atom. The quantitative estimate of drug-likeness (QED) is 0.536. The minimum absolute atomic E-state index is 0.0335. The first-order valence-corrected chi connectivity index (χ1v) is 10.5. The summed E-state index contributed by atoms with van der Waals surface area (Å²) in [6.45, 7) is 0.237. The van der Waals surface area contributed by atoms with Gasteiger partial charge in [-0.1, -0.05) is 18.2 Å². The molecule has 156 valence electrons. The topological polar surface area (TPSA) is 96.8 Å². The number of rotatable bonds is 4. The second-order valence-electron chi connectivity index (χ2n) is 7.94. The average Bonchev–Trinajstić information content (AvgIpc) is 2.79. The Kier molecular flexibility index (Phi) is 4.86. The van der Waals surface area contributed by atoms with Gasteiger partial charge in [-0.05, 0) is 55.5 Å². The van der Waals surface area contributed by atoms with E-state index in [4.69, 9.17) is 0 Å². The zero-order chi connectivity index (χ0) is 21.4. The number of aryl methyl sites for hydroxylation is 2. The van der Waals surface area contributed by atoms with Crippen molar-refractivity contribution in [1.29, 1.82) is 0 Å². The second-order valence-corrected chi connectivity index (χ2v) is 7.94. The SMILES string of the molecule is O=C(CCn1cnc2ccccc2c1=O)Nc1ccc2c3c(c(=O)[nH]c2c1)CCCC3. The van der Waals surface area contributed by atoms with Crippen LogP contribution in [0.5, 0.6) is 0 Å². The molecule has 0 fully saturated rings. The van der Waals surface area contributed by atoms with Crippen LogP contribution in [0.15, 0.2) is 58.4 Å². The highest BCUT2D eigenvalue weighted by atomic mass is 16.2. The van der Waals surface area contributed by atoms with Crippen molar-refractivity contribution in [2.75, 3.05) is 5.32 Å². The third-order valence-electron chi connectivity index (χ3n) is 5.93. The van der Waals surface area contributed by atoms with E-state index in [1.807, 2.05) is 18.2 Å². The summed E-state index contributed by atoms with van der Waals surface area (Å²) in [5.41, 5.74) is 3.82. The third-order valence-corrected chi connectivity index (χ3v) is 5.93. The molecule has 0 unspecified atom stereocenters. The van der Waals surface area contributed by atoms with Gasteiger partial charge in [-0.25, -0.2) is 4.98 Å². The van der Waals surface area contributed by atoms with Gasteiger partial charge in [0.1, 0.15) is 0 Å². The fraction of sp³-hybridized carbons (Fsp3) is 0.250. The van der Waals surface area contributed by atoms with Gasteiger partial charge in [-0.3, -0.25) is 19.0 Å². The molecular weight excluding hydrogens is 392 g/mol. The van der Waals surface area contributed by atoms with Gasteiger partial charge in [-0.2, -0.15) is 0 Å². The van der Waals surface area contributed by atoms with Crippen molar-refractivity contribution < 1.29 is 4.79 Å². The Labute approximate surface area is 177 Å². The van der Waals surface area contributed by atoms with Crippen molar-refractivity contribution in [3.63, 3.8) is 0 Å². The molecule has 2 heterocycles. The maximum Gasteiger partial charge on any atom is 0.261 e. The fourth-order valence-electron chi connectivity index (χ4n) is 4.35. The number of carbonyl (C=O) groups is 1. The Balaban J connectivity index is 1.33. The number of H-pyrrole nitrogens is 1. The molecule has 0 bridgehead atoms. The number of benzene rings is 2. The van der Waals surface area contributed by atoms with E-state index in [2.05, 4.69) is 15.3 Å². The molecule has 1 aliphatic carbocycles. The number of carbonyl (C=O) groups excluding carboxylic acids is 1. The number of aromatic nitrogens is 3. The van der Waals surface area contributed by atoms with Crippen LogP contribution in [-0.2, 0) is 24.2 Å². The molecule has 1 aliphatic rings. The maximum atomic E-state index is 12.6. The van der Waals surface area contributed by atoms with E-state index < -0.39 is 0 Å². The Morgan fingerprint density at radius 1 is 1.03 bits per heavy atom. The molecule has 0 aliphatic heterocycles. The van der Waals surface area contributed by atoms with E-state index in [9.17, 15) is 14.4 Å². The van der Waals surface area contributed by atoms with Gasteiger partial charge in [0.25, 0.3) is 11.1 Å². The first-order chi connectivity index (χ1) is 15.1. The molecule has 31 heavy (non-hydrogen) atoms. The first kappa shape index (κ1) is 19.2. The molecule has 2 aromatic heterocycles. The Bertz CT molecular complexity index is 1430. The van der Waals surface area contributed by atoms with Crippen LogP contribution in [-0.4, -0.2) is 20.4 Å². The zero-order valence-electron chi connectivity index (χ0n) is 17.0. The largest absolute Gasteiger partial charge is 0.326 e. The lowest BCUT2D eigenvalue weighted by Gasteiger charge is -2.17.